The number of pyridine rings is 2. The Morgan fingerprint density at radius 1 is 1.30 bits per heavy atom. The van der Waals surface area contributed by atoms with E-state index < -0.39 is 5.97 Å². The fraction of sp³-hybridized carbons (Fsp3) is 0.333. The predicted octanol–water partition coefficient (Wildman–Crippen LogP) is 3.66. The molecule has 5 nitrogen and oxygen atoms in total. The van der Waals surface area contributed by atoms with Crippen molar-refractivity contribution in [3.8, 4) is 0 Å². The summed E-state index contributed by atoms with van der Waals surface area (Å²) >= 11 is 0. The highest BCUT2D eigenvalue weighted by Gasteiger charge is 2.14. The Labute approximate surface area is 136 Å². The molecule has 0 unspecified atom stereocenters. The van der Waals surface area contributed by atoms with Crippen LogP contribution in [0.3, 0.4) is 0 Å². The number of nitrogens with zero attached hydrogens (tertiary/aromatic N) is 3. The van der Waals surface area contributed by atoms with Crippen molar-refractivity contribution in [2.75, 3.05) is 7.11 Å². The first-order valence-electron chi connectivity index (χ1n) is 7.60. The van der Waals surface area contributed by atoms with E-state index in [1.54, 1.807) is 12.3 Å². The molecule has 0 saturated heterocycles. The van der Waals surface area contributed by atoms with Crippen LogP contribution in [0.2, 0.25) is 0 Å². The first-order valence-corrected chi connectivity index (χ1v) is 7.60. The van der Waals surface area contributed by atoms with E-state index in [1.165, 1.54) is 13.3 Å². The monoisotopic (exact) mass is 311 g/mol. The van der Waals surface area contributed by atoms with Crippen LogP contribution < -0.4 is 0 Å². The molecule has 0 bridgehead atoms. The van der Waals surface area contributed by atoms with Crippen LogP contribution in [-0.2, 0) is 11.2 Å². The number of methoxy groups -OCH3 is 1. The molecule has 5 heteroatoms. The normalized spacial score (nSPS) is 11.4. The molecule has 120 valence electrons. The topological polar surface area (TPSA) is 64.4 Å². The van der Waals surface area contributed by atoms with E-state index >= 15 is 0 Å². The summed E-state index contributed by atoms with van der Waals surface area (Å²) in [7, 11) is 1.36. The summed E-state index contributed by atoms with van der Waals surface area (Å²) in [4.78, 5) is 24.9. The second-order valence-electron chi connectivity index (χ2n) is 5.31. The summed E-state index contributed by atoms with van der Waals surface area (Å²) in [6, 6.07) is 3.82. The Morgan fingerprint density at radius 3 is 2.78 bits per heavy atom. The minimum absolute atomic E-state index is 0.409. The van der Waals surface area contributed by atoms with Crippen LogP contribution in [0.15, 0.2) is 35.7 Å². The number of carbonyl (C=O) groups excluding carboxylic acids is 1. The lowest BCUT2D eigenvalue weighted by molar-refractivity contribution is 0.0600. The Bertz CT molecular complexity index is 739. The number of aromatic nitrogens is 2. The molecular weight excluding hydrogens is 290 g/mol. The number of aryl methyl sites for hydroxylation is 2. The maximum atomic E-state index is 11.9. The molecule has 23 heavy (non-hydrogen) atoms. The van der Waals surface area contributed by atoms with Crippen LogP contribution in [0.25, 0.3) is 0 Å². The largest absolute Gasteiger partial charge is 0.465 e. The van der Waals surface area contributed by atoms with Crippen molar-refractivity contribution in [3.63, 3.8) is 0 Å². The second-order valence-corrected chi connectivity index (χ2v) is 5.31. The summed E-state index contributed by atoms with van der Waals surface area (Å²) in [6.07, 6.45) is 7.05. The number of carbonyl (C=O) groups is 1. The predicted molar refractivity (Wildman–Crippen MR) is 90.4 cm³/mol. The molecule has 0 aromatic carbocycles. The van der Waals surface area contributed by atoms with Gasteiger partial charge >= 0.3 is 5.97 Å². The highest BCUT2D eigenvalue weighted by molar-refractivity contribution is 6.08. The smallest absolute Gasteiger partial charge is 0.340 e. The minimum Gasteiger partial charge on any atom is -0.465 e. The highest BCUT2D eigenvalue weighted by atomic mass is 16.5. The van der Waals surface area contributed by atoms with E-state index in [4.69, 9.17) is 4.74 Å². The summed E-state index contributed by atoms with van der Waals surface area (Å²) < 4.78 is 4.81. The van der Waals surface area contributed by atoms with Gasteiger partial charge in [0.25, 0.3) is 0 Å². The maximum absolute atomic E-state index is 11.9. The number of esters is 1. The van der Waals surface area contributed by atoms with Crippen LogP contribution in [-0.4, -0.2) is 28.8 Å². The number of rotatable bonds is 5. The number of hydrogen-bond acceptors (Lipinski definition) is 5. The standard InChI is InChI=1S/C18H21N3O2/c1-5-6-14-9-17(13(3)20-10-14)21-12(2)15-7-8-19-11-16(15)18(22)23-4/h7-11H,5-6H2,1-4H3. The Kier molecular flexibility index (Phi) is 5.57. The molecule has 0 fully saturated rings. The van der Waals surface area contributed by atoms with Gasteiger partial charge in [0, 0.05) is 29.9 Å². The fourth-order valence-electron chi connectivity index (χ4n) is 2.33. The molecule has 0 spiro atoms. The van der Waals surface area contributed by atoms with E-state index in [2.05, 4.69) is 21.9 Å². The molecule has 0 atom stereocenters. The third-order valence-corrected chi connectivity index (χ3v) is 3.56. The molecule has 2 heterocycles. The van der Waals surface area contributed by atoms with E-state index in [0.717, 1.165) is 35.5 Å². The van der Waals surface area contributed by atoms with Crippen LogP contribution >= 0.6 is 0 Å². The molecule has 0 saturated carbocycles. The zero-order valence-electron chi connectivity index (χ0n) is 14.0. The zero-order chi connectivity index (χ0) is 16.8. The summed E-state index contributed by atoms with van der Waals surface area (Å²) in [6.45, 7) is 5.93. The molecule has 2 aromatic heterocycles. The zero-order valence-corrected chi connectivity index (χ0v) is 14.0. The third-order valence-electron chi connectivity index (χ3n) is 3.56. The van der Waals surface area contributed by atoms with E-state index in [0.29, 0.717) is 11.1 Å². The second kappa shape index (κ2) is 7.63. The molecule has 0 aliphatic rings. The van der Waals surface area contributed by atoms with Gasteiger partial charge in [-0.2, -0.15) is 0 Å². The number of aliphatic imine (C=N–C) groups is 1. The lowest BCUT2D eigenvalue weighted by Crippen LogP contribution is -2.09. The quantitative estimate of drug-likeness (QED) is 0.624. The van der Waals surface area contributed by atoms with Crippen LogP contribution in [0.1, 0.15) is 47.4 Å². The van der Waals surface area contributed by atoms with Crippen molar-refractivity contribution in [3.05, 3.63) is 53.1 Å². The van der Waals surface area contributed by atoms with E-state index in [1.807, 2.05) is 26.1 Å². The summed E-state index contributed by atoms with van der Waals surface area (Å²) in [5.74, 6) is -0.419. The Balaban J connectivity index is 2.45. The maximum Gasteiger partial charge on any atom is 0.340 e. The lowest BCUT2D eigenvalue weighted by atomic mass is 10.1. The van der Waals surface area contributed by atoms with Crippen molar-refractivity contribution in [1.82, 2.24) is 9.97 Å². The number of hydrogen-bond donors (Lipinski definition) is 0. The average Bonchev–Trinajstić information content (AvgIpc) is 2.57. The SMILES string of the molecule is CCCc1cnc(C)c(N=C(C)c2ccncc2C(=O)OC)c1. The lowest BCUT2D eigenvalue weighted by Gasteiger charge is -2.08. The van der Waals surface area contributed by atoms with Gasteiger partial charge in [-0.15, -0.1) is 0 Å². The van der Waals surface area contributed by atoms with Crippen molar-refractivity contribution in [2.24, 2.45) is 4.99 Å². The van der Waals surface area contributed by atoms with Crippen molar-refractivity contribution in [1.29, 1.82) is 0 Å². The first kappa shape index (κ1) is 16.8. The molecule has 2 aromatic rings. The van der Waals surface area contributed by atoms with Gasteiger partial charge < -0.3 is 4.74 Å². The molecule has 0 aliphatic heterocycles. The molecule has 0 aliphatic carbocycles. The average molecular weight is 311 g/mol. The fourth-order valence-corrected chi connectivity index (χ4v) is 2.33. The van der Waals surface area contributed by atoms with E-state index in [9.17, 15) is 4.79 Å². The molecule has 0 N–H and O–H groups in total. The van der Waals surface area contributed by atoms with Gasteiger partial charge in [-0.05, 0) is 38.0 Å². The first-order chi connectivity index (χ1) is 11.1. The van der Waals surface area contributed by atoms with Gasteiger partial charge in [0.15, 0.2) is 0 Å². The van der Waals surface area contributed by atoms with Gasteiger partial charge in [0.2, 0.25) is 0 Å². The Hall–Kier alpha value is -2.56. The molecule has 0 amide bonds. The van der Waals surface area contributed by atoms with Crippen LogP contribution in [0.5, 0.6) is 0 Å². The van der Waals surface area contributed by atoms with Crippen molar-refractivity contribution < 1.29 is 9.53 Å². The third kappa shape index (κ3) is 4.00. The van der Waals surface area contributed by atoms with Gasteiger partial charge in [-0.1, -0.05) is 13.3 Å². The summed E-state index contributed by atoms with van der Waals surface area (Å²) in [5.41, 5.74) is 4.69. The van der Waals surface area contributed by atoms with Crippen molar-refractivity contribution >= 4 is 17.4 Å². The van der Waals surface area contributed by atoms with Gasteiger partial charge in [0.05, 0.1) is 24.1 Å². The van der Waals surface area contributed by atoms with Gasteiger partial charge in [-0.25, -0.2) is 4.79 Å². The van der Waals surface area contributed by atoms with Gasteiger partial charge in [0.1, 0.15) is 0 Å². The number of ether oxygens (including phenoxy) is 1. The Morgan fingerprint density at radius 2 is 2.09 bits per heavy atom. The molecule has 2 rings (SSSR count). The van der Waals surface area contributed by atoms with E-state index in [-0.39, 0.29) is 0 Å². The molecular formula is C18H21N3O2. The summed E-state index contributed by atoms with van der Waals surface area (Å²) in [5, 5.41) is 0. The minimum atomic E-state index is -0.419. The molecule has 0 radical (unpaired) electrons. The van der Waals surface area contributed by atoms with Crippen LogP contribution in [0.4, 0.5) is 5.69 Å². The van der Waals surface area contributed by atoms with Crippen LogP contribution in [0, 0.1) is 6.92 Å². The van der Waals surface area contributed by atoms with Gasteiger partial charge in [-0.3, -0.25) is 15.0 Å². The highest BCUT2D eigenvalue weighted by Crippen LogP contribution is 2.21. The van der Waals surface area contributed by atoms with Crippen molar-refractivity contribution in [2.45, 2.75) is 33.6 Å².